The summed E-state index contributed by atoms with van der Waals surface area (Å²) in [5.41, 5.74) is 4.94. The van der Waals surface area contributed by atoms with Gasteiger partial charge < -0.3 is 26.4 Å². The zero-order valence-electron chi connectivity index (χ0n) is 10.4. The number of hydrogen-bond donors (Lipinski definition) is 5. The number of nitrogens with zero attached hydrogens (tertiary/aromatic N) is 2. The predicted octanol–water partition coefficient (Wildman–Crippen LogP) is -1.28. The van der Waals surface area contributed by atoms with Crippen molar-refractivity contribution in [3.8, 4) is 0 Å². The van der Waals surface area contributed by atoms with Crippen LogP contribution in [0.4, 0.5) is 5.69 Å². The van der Waals surface area contributed by atoms with E-state index in [0.717, 1.165) is 11.3 Å². The molecule has 1 amide bonds. The first-order valence-corrected chi connectivity index (χ1v) is 6.52. The number of aliphatic hydroxyl groups is 3. The SMILES string of the molecule is Nc1c(C(=O)NC(CO)(CO)CO)sc2nccnc12. The summed E-state index contributed by atoms with van der Waals surface area (Å²) in [6.07, 6.45) is 2.95. The lowest BCUT2D eigenvalue weighted by molar-refractivity contribution is 0.0377. The van der Waals surface area contributed by atoms with Crippen LogP contribution in [0.5, 0.6) is 0 Å². The number of amides is 1. The molecule has 0 bridgehead atoms. The Morgan fingerprint density at radius 2 is 1.85 bits per heavy atom. The Bertz CT molecular complexity index is 618. The van der Waals surface area contributed by atoms with E-state index >= 15 is 0 Å². The van der Waals surface area contributed by atoms with Crippen LogP contribution in [-0.4, -0.2) is 56.6 Å². The normalized spacial score (nSPS) is 11.8. The van der Waals surface area contributed by atoms with Crippen molar-refractivity contribution in [1.82, 2.24) is 15.3 Å². The predicted molar refractivity (Wildman–Crippen MR) is 73.3 cm³/mol. The minimum absolute atomic E-state index is 0.172. The van der Waals surface area contributed by atoms with Gasteiger partial charge in [0, 0.05) is 12.4 Å². The molecular weight excluding hydrogens is 284 g/mol. The van der Waals surface area contributed by atoms with Crippen molar-refractivity contribution in [3.05, 3.63) is 17.3 Å². The number of rotatable bonds is 5. The topological polar surface area (TPSA) is 142 Å². The molecule has 2 heterocycles. The molecule has 20 heavy (non-hydrogen) atoms. The van der Waals surface area contributed by atoms with E-state index in [9.17, 15) is 20.1 Å². The van der Waals surface area contributed by atoms with Crippen molar-refractivity contribution in [2.45, 2.75) is 5.54 Å². The van der Waals surface area contributed by atoms with Gasteiger partial charge in [0.1, 0.15) is 20.8 Å². The van der Waals surface area contributed by atoms with Gasteiger partial charge in [-0.15, -0.1) is 11.3 Å². The van der Waals surface area contributed by atoms with Crippen LogP contribution in [0.25, 0.3) is 10.3 Å². The van der Waals surface area contributed by atoms with Crippen LogP contribution in [-0.2, 0) is 0 Å². The van der Waals surface area contributed by atoms with Gasteiger partial charge in [-0.2, -0.15) is 0 Å². The molecule has 9 heteroatoms. The van der Waals surface area contributed by atoms with Crippen LogP contribution >= 0.6 is 11.3 Å². The molecule has 0 unspecified atom stereocenters. The van der Waals surface area contributed by atoms with Crippen molar-refractivity contribution in [2.24, 2.45) is 0 Å². The molecule has 0 atom stereocenters. The smallest absolute Gasteiger partial charge is 0.264 e. The van der Waals surface area contributed by atoms with Crippen LogP contribution in [0, 0.1) is 0 Å². The molecule has 2 rings (SSSR count). The van der Waals surface area contributed by atoms with E-state index < -0.39 is 31.3 Å². The van der Waals surface area contributed by atoms with Crippen molar-refractivity contribution in [2.75, 3.05) is 25.6 Å². The summed E-state index contributed by atoms with van der Waals surface area (Å²) in [5, 5.41) is 30.0. The lowest BCUT2D eigenvalue weighted by Gasteiger charge is -2.28. The van der Waals surface area contributed by atoms with Crippen LogP contribution in [0.15, 0.2) is 12.4 Å². The maximum absolute atomic E-state index is 12.2. The van der Waals surface area contributed by atoms with Gasteiger partial charge in [-0.25, -0.2) is 9.97 Å². The van der Waals surface area contributed by atoms with Crippen LogP contribution in [0.1, 0.15) is 9.67 Å². The molecule has 108 valence electrons. The van der Waals surface area contributed by atoms with E-state index in [1.807, 2.05) is 0 Å². The Morgan fingerprint density at radius 3 is 2.40 bits per heavy atom. The summed E-state index contributed by atoms with van der Waals surface area (Å²) in [7, 11) is 0. The zero-order valence-corrected chi connectivity index (χ0v) is 11.2. The van der Waals surface area contributed by atoms with Crippen molar-refractivity contribution < 1.29 is 20.1 Å². The number of carbonyl (C=O) groups excluding carboxylic acids is 1. The Labute approximate surface area is 117 Å². The van der Waals surface area contributed by atoms with E-state index in [-0.39, 0.29) is 10.6 Å². The van der Waals surface area contributed by atoms with E-state index in [2.05, 4.69) is 15.3 Å². The average Bonchev–Trinajstić information content (AvgIpc) is 2.83. The maximum Gasteiger partial charge on any atom is 0.264 e. The molecule has 2 aromatic heterocycles. The fourth-order valence-corrected chi connectivity index (χ4v) is 2.50. The molecule has 2 aromatic rings. The highest BCUT2D eigenvalue weighted by Gasteiger charge is 2.32. The number of thiophene rings is 1. The van der Waals surface area contributed by atoms with E-state index in [1.165, 1.54) is 12.4 Å². The second kappa shape index (κ2) is 5.67. The van der Waals surface area contributed by atoms with Gasteiger partial charge in [0.05, 0.1) is 25.5 Å². The summed E-state index contributed by atoms with van der Waals surface area (Å²) < 4.78 is 0. The third kappa shape index (κ3) is 2.43. The van der Waals surface area contributed by atoms with E-state index in [0.29, 0.717) is 10.3 Å². The Hall–Kier alpha value is -1.81. The maximum atomic E-state index is 12.2. The molecule has 0 aliphatic heterocycles. The first-order chi connectivity index (χ1) is 9.56. The lowest BCUT2D eigenvalue weighted by Crippen LogP contribution is -2.56. The van der Waals surface area contributed by atoms with Crippen LogP contribution < -0.4 is 11.1 Å². The minimum atomic E-state index is -1.50. The molecule has 6 N–H and O–H groups in total. The average molecular weight is 298 g/mol. The van der Waals surface area contributed by atoms with Gasteiger partial charge in [-0.3, -0.25) is 4.79 Å². The van der Waals surface area contributed by atoms with Crippen molar-refractivity contribution in [3.63, 3.8) is 0 Å². The fourth-order valence-electron chi connectivity index (χ4n) is 1.58. The lowest BCUT2D eigenvalue weighted by atomic mass is 10.0. The molecule has 0 spiro atoms. The monoisotopic (exact) mass is 298 g/mol. The molecule has 0 saturated carbocycles. The van der Waals surface area contributed by atoms with Crippen LogP contribution in [0.2, 0.25) is 0 Å². The quantitative estimate of drug-likeness (QED) is 0.463. The molecule has 0 saturated heterocycles. The van der Waals surface area contributed by atoms with Gasteiger partial charge in [0.15, 0.2) is 0 Å². The number of nitrogen functional groups attached to an aromatic ring is 1. The first kappa shape index (κ1) is 14.6. The number of hydrogen-bond acceptors (Lipinski definition) is 8. The number of fused-ring (bicyclic) bond motifs is 1. The van der Waals surface area contributed by atoms with Gasteiger partial charge in [0.25, 0.3) is 5.91 Å². The van der Waals surface area contributed by atoms with E-state index in [4.69, 9.17) is 5.73 Å². The third-order valence-corrected chi connectivity index (χ3v) is 3.96. The summed E-state index contributed by atoms with van der Waals surface area (Å²) >= 11 is 1.05. The number of aliphatic hydroxyl groups excluding tert-OH is 3. The Morgan fingerprint density at radius 1 is 1.25 bits per heavy atom. The Kier molecular flexibility index (Phi) is 4.14. The Balaban J connectivity index is 2.34. The summed E-state index contributed by atoms with van der Waals surface area (Å²) in [4.78, 5) is 20.9. The standard InChI is InChI=1S/C11H14N4O4S/c12-6-7-10(14-2-1-13-7)20-8(6)9(19)15-11(3-16,4-17)5-18/h1-2,16-18H,3-5,12H2,(H,15,19). The fraction of sp³-hybridized carbons (Fsp3) is 0.364. The largest absolute Gasteiger partial charge is 0.396 e. The highest BCUT2D eigenvalue weighted by molar-refractivity contribution is 7.21. The van der Waals surface area contributed by atoms with Gasteiger partial charge in [-0.05, 0) is 0 Å². The summed E-state index contributed by atoms with van der Waals surface area (Å²) in [6.45, 7) is -1.81. The van der Waals surface area contributed by atoms with Crippen LogP contribution in [0.3, 0.4) is 0 Å². The highest BCUT2D eigenvalue weighted by atomic mass is 32.1. The minimum Gasteiger partial charge on any atom is -0.396 e. The van der Waals surface area contributed by atoms with Crippen molar-refractivity contribution in [1.29, 1.82) is 0 Å². The third-order valence-electron chi connectivity index (χ3n) is 2.86. The number of anilines is 1. The van der Waals surface area contributed by atoms with Gasteiger partial charge >= 0.3 is 0 Å². The van der Waals surface area contributed by atoms with Gasteiger partial charge in [0.2, 0.25) is 0 Å². The number of nitrogens with two attached hydrogens (primary N) is 1. The molecular formula is C11H14N4O4S. The number of carbonyl (C=O) groups is 1. The molecule has 0 aliphatic carbocycles. The number of nitrogens with one attached hydrogen (secondary N) is 1. The van der Waals surface area contributed by atoms with E-state index in [1.54, 1.807) is 0 Å². The molecule has 0 aliphatic rings. The van der Waals surface area contributed by atoms with Crippen molar-refractivity contribution >= 4 is 33.3 Å². The molecule has 0 radical (unpaired) electrons. The second-order valence-corrected chi connectivity index (χ2v) is 5.26. The number of aromatic nitrogens is 2. The summed E-state index contributed by atoms with van der Waals surface area (Å²) in [5.74, 6) is -0.607. The molecule has 8 nitrogen and oxygen atoms in total. The highest BCUT2D eigenvalue weighted by Crippen LogP contribution is 2.30. The molecule has 0 fully saturated rings. The first-order valence-electron chi connectivity index (χ1n) is 5.71. The second-order valence-electron chi connectivity index (χ2n) is 4.26. The molecule has 0 aromatic carbocycles. The van der Waals surface area contributed by atoms with Gasteiger partial charge in [-0.1, -0.05) is 0 Å². The summed E-state index contributed by atoms with van der Waals surface area (Å²) in [6, 6.07) is 0. The zero-order chi connectivity index (χ0) is 14.8.